The van der Waals surface area contributed by atoms with Crippen LogP contribution in [0.2, 0.25) is 0 Å². The molecule has 0 amide bonds. The van der Waals surface area contributed by atoms with Gasteiger partial charge in [-0.1, -0.05) is 11.8 Å². The Morgan fingerprint density at radius 3 is 2.76 bits per heavy atom. The molecule has 0 aromatic carbocycles. The summed E-state index contributed by atoms with van der Waals surface area (Å²) in [6, 6.07) is 2.08. The van der Waals surface area contributed by atoms with E-state index in [1.165, 1.54) is 22.2 Å². The molecule has 0 fully saturated rings. The average molecular weight is 266 g/mol. The second-order valence-corrected chi connectivity index (χ2v) is 5.64. The number of nitrogens with zero attached hydrogens (tertiary/aromatic N) is 1. The van der Waals surface area contributed by atoms with E-state index in [1.807, 2.05) is 13.2 Å². The quantitative estimate of drug-likeness (QED) is 0.686. The van der Waals surface area contributed by atoms with E-state index in [9.17, 15) is 4.79 Å². The molecule has 0 radical (unpaired) electrons. The van der Waals surface area contributed by atoms with Crippen molar-refractivity contribution < 1.29 is 0 Å². The summed E-state index contributed by atoms with van der Waals surface area (Å²) in [5, 5.41) is 2.73. The molecule has 90 valence electrons. The zero-order valence-electron chi connectivity index (χ0n) is 10.0. The van der Waals surface area contributed by atoms with Crippen LogP contribution in [0.4, 0.5) is 0 Å². The number of aromatic nitrogens is 2. The SMILES string of the molecule is CSc1nc(C)c(Cc2sccc2C)c(=O)[nH]1. The number of thiophene rings is 1. The molecule has 2 aromatic rings. The molecule has 0 atom stereocenters. The number of nitrogens with one attached hydrogen (secondary N) is 1. The normalized spacial score (nSPS) is 10.8. The van der Waals surface area contributed by atoms with Crippen LogP contribution in [0.25, 0.3) is 0 Å². The van der Waals surface area contributed by atoms with E-state index in [4.69, 9.17) is 0 Å². The third kappa shape index (κ3) is 2.61. The van der Waals surface area contributed by atoms with Gasteiger partial charge in [0.1, 0.15) is 0 Å². The van der Waals surface area contributed by atoms with E-state index in [0.29, 0.717) is 11.6 Å². The molecule has 5 heteroatoms. The fraction of sp³-hybridized carbons (Fsp3) is 0.333. The molecule has 0 bridgehead atoms. The van der Waals surface area contributed by atoms with Crippen molar-refractivity contribution in [2.75, 3.05) is 6.26 Å². The van der Waals surface area contributed by atoms with Gasteiger partial charge >= 0.3 is 0 Å². The van der Waals surface area contributed by atoms with Crippen LogP contribution in [0, 0.1) is 13.8 Å². The van der Waals surface area contributed by atoms with Crippen molar-refractivity contribution in [1.82, 2.24) is 9.97 Å². The number of aryl methyl sites for hydroxylation is 2. The van der Waals surface area contributed by atoms with Gasteiger partial charge in [-0.15, -0.1) is 11.3 Å². The summed E-state index contributed by atoms with van der Waals surface area (Å²) in [5.74, 6) is 0. The maximum Gasteiger partial charge on any atom is 0.255 e. The fourth-order valence-corrected chi connectivity index (χ4v) is 2.98. The van der Waals surface area contributed by atoms with Crippen LogP contribution in [0.5, 0.6) is 0 Å². The largest absolute Gasteiger partial charge is 0.301 e. The van der Waals surface area contributed by atoms with Crippen molar-refractivity contribution >= 4 is 23.1 Å². The Bertz CT molecular complexity index is 586. The Morgan fingerprint density at radius 2 is 2.24 bits per heavy atom. The van der Waals surface area contributed by atoms with Gasteiger partial charge in [-0.25, -0.2) is 4.98 Å². The van der Waals surface area contributed by atoms with Crippen LogP contribution in [0.3, 0.4) is 0 Å². The number of rotatable bonds is 3. The van der Waals surface area contributed by atoms with E-state index < -0.39 is 0 Å². The van der Waals surface area contributed by atoms with Crippen molar-refractivity contribution in [2.45, 2.75) is 25.4 Å². The molecule has 17 heavy (non-hydrogen) atoms. The molecule has 2 aromatic heterocycles. The summed E-state index contributed by atoms with van der Waals surface area (Å²) < 4.78 is 0. The number of aromatic amines is 1. The zero-order valence-corrected chi connectivity index (χ0v) is 11.7. The first-order chi connectivity index (χ1) is 8.11. The maximum absolute atomic E-state index is 12.0. The first-order valence-electron chi connectivity index (χ1n) is 5.28. The van der Waals surface area contributed by atoms with E-state index >= 15 is 0 Å². The molecular formula is C12H14N2OS2. The van der Waals surface area contributed by atoms with Gasteiger partial charge in [0, 0.05) is 22.6 Å². The lowest BCUT2D eigenvalue weighted by Gasteiger charge is -2.05. The molecule has 0 aliphatic carbocycles. The number of hydrogen-bond acceptors (Lipinski definition) is 4. The highest BCUT2D eigenvalue weighted by molar-refractivity contribution is 7.98. The molecule has 0 saturated heterocycles. The lowest BCUT2D eigenvalue weighted by molar-refractivity contribution is 0.870. The molecule has 0 aliphatic rings. The van der Waals surface area contributed by atoms with Crippen molar-refractivity contribution in [3.05, 3.63) is 43.5 Å². The highest BCUT2D eigenvalue weighted by atomic mass is 32.2. The highest BCUT2D eigenvalue weighted by Crippen LogP contribution is 2.19. The molecule has 2 rings (SSSR count). The second kappa shape index (κ2) is 5.06. The summed E-state index contributed by atoms with van der Waals surface area (Å²) in [6.45, 7) is 3.96. The van der Waals surface area contributed by atoms with E-state index in [1.54, 1.807) is 11.3 Å². The Hall–Kier alpha value is -1.07. The zero-order chi connectivity index (χ0) is 12.4. The molecule has 3 nitrogen and oxygen atoms in total. The summed E-state index contributed by atoms with van der Waals surface area (Å²) in [4.78, 5) is 20.4. The van der Waals surface area contributed by atoms with Crippen LogP contribution in [-0.4, -0.2) is 16.2 Å². The Kier molecular flexibility index (Phi) is 3.69. The molecule has 2 heterocycles. The molecule has 0 spiro atoms. The first kappa shape index (κ1) is 12.4. The first-order valence-corrected chi connectivity index (χ1v) is 7.39. The van der Waals surface area contributed by atoms with Crippen molar-refractivity contribution in [1.29, 1.82) is 0 Å². The monoisotopic (exact) mass is 266 g/mol. The van der Waals surface area contributed by atoms with Crippen LogP contribution < -0.4 is 5.56 Å². The van der Waals surface area contributed by atoms with Crippen molar-refractivity contribution in [2.24, 2.45) is 0 Å². The lowest BCUT2D eigenvalue weighted by Crippen LogP contribution is -2.17. The van der Waals surface area contributed by atoms with Gasteiger partial charge in [0.2, 0.25) is 0 Å². The Labute approximate surface area is 108 Å². The molecule has 0 aliphatic heterocycles. The van der Waals surface area contributed by atoms with Crippen LogP contribution >= 0.6 is 23.1 Å². The lowest BCUT2D eigenvalue weighted by atomic mass is 10.1. The van der Waals surface area contributed by atoms with Crippen molar-refractivity contribution in [3.8, 4) is 0 Å². The van der Waals surface area contributed by atoms with Crippen molar-refractivity contribution in [3.63, 3.8) is 0 Å². The van der Waals surface area contributed by atoms with Gasteiger partial charge in [0.05, 0.1) is 0 Å². The molecule has 0 unspecified atom stereocenters. The van der Waals surface area contributed by atoms with Gasteiger partial charge in [0.15, 0.2) is 5.16 Å². The van der Waals surface area contributed by atoms with Gasteiger partial charge in [0.25, 0.3) is 5.56 Å². The van der Waals surface area contributed by atoms with Gasteiger partial charge < -0.3 is 4.98 Å². The molecule has 1 N–H and O–H groups in total. The number of thioether (sulfide) groups is 1. The predicted octanol–water partition coefficient (Wildman–Crippen LogP) is 2.76. The van der Waals surface area contributed by atoms with Gasteiger partial charge in [-0.2, -0.15) is 0 Å². The van der Waals surface area contributed by atoms with Crippen LogP contribution in [0.1, 0.15) is 21.7 Å². The minimum atomic E-state index is -0.0188. The van der Waals surface area contributed by atoms with E-state index in [-0.39, 0.29) is 5.56 Å². The fourth-order valence-electron chi connectivity index (χ4n) is 1.64. The summed E-state index contributed by atoms with van der Waals surface area (Å²) in [5.41, 5.74) is 2.82. The Morgan fingerprint density at radius 1 is 1.47 bits per heavy atom. The summed E-state index contributed by atoms with van der Waals surface area (Å²) in [7, 11) is 0. The van der Waals surface area contributed by atoms with Crippen LogP contribution in [-0.2, 0) is 6.42 Å². The second-order valence-electron chi connectivity index (χ2n) is 3.84. The number of H-pyrrole nitrogens is 1. The minimum absolute atomic E-state index is 0.0188. The smallest absolute Gasteiger partial charge is 0.255 e. The van der Waals surface area contributed by atoms with Gasteiger partial charge in [-0.3, -0.25) is 4.79 Å². The third-order valence-electron chi connectivity index (χ3n) is 2.70. The minimum Gasteiger partial charge on any atom is -0.301 e. The highest BCUT2D eigenvalue weighted by Gasteiger charge is 2.10. The Balaban J connectivity index is 2.40. The molecule has 0 saturated carbocycles. The standard InChI is InChI=1S/C12H14N2OS2/c1-7-4-5-17-10(7)6-9-8(2)13-12(16-3)14-11(9)15/h4-5H,6H2,1-3H3,(H,13,14,15). The maximum atomic E-state index is 12.0. The third-order valence-corrected chi connectivity index (χ3v) is 4.30. The van der Waals surface area contributed by atoms with Crippen LogP contribution in [0.15, 0.2) is 21.4 Å². The van der Waals surface area contributed by atoms with E-state index in [2.05, 4.69) is 28.3 Å². The summed E-state index contributed by atoms with van der Waals surface area (Å²) in [6.07, 6.45) is 2.58. The molecular weight excluding hydrogens is 252 g/mol. The number of hydrogen-bond donors (Lipinski definition) is 1. The summed E-state index contributed by atoms with van der Waals surface area (Å²) >= 11 is 3.14. The topological polar surface area (TPSA) is 45.8 Å². The van der Waals surface area contributed by atoms with E-state index in [0.717, 1.165) is 11.3 Å². The van der Waals surface area contributed by atoms with Gasteiger partial charge in [-0.05, 0) is 37.1 Å². The predicted molar refractivity (Wildman–Crippen MR) is 73.2 cm³/mol. The average Bonchev–Trinajstić information content (AvgIpc) is 2.69.